The fourth-order valence-corrected chi connectivity index (χ4v) is 2.10. The van der Waals surface area contributed by atoms with E-state index < -0.39 is 0 Å². The monoisotopic (exact) mass is 229 g/mol. The molecule has 2 unspecified atom stereocenters. The molecule has 0 spiro atoms. The molecule has 2 heteroatoms. The Morgan fingerprint density at radius 3 is 2.25 bits per heavy atom. The third-order valence-electron chi connectivity index (χ3n) is 3.00. The van der Waals surface area contributed by atoms with E-state index in [4.69, 9.17) is 4.74 Å². The Balaban J connectivity index is 3.89. The van der Waals surface area contributed by atoms with Crippen LogP contribution >= 0.6 is 0 Å². The standard InChI is InChI=1S/C14H31NO/c1-5-9-10-12-16-14(7-3)13(11-6-2)15-8-4/h13-15H,5-12H2,1-4H3. The van der Waals surface area contributed by atoms with Crippen LogP contribution in [0.5, 0.6) is 0 Å². The molecule has 0 radical (unpaired) electrons. The minimum absolute atomic E-state index is 0.400. The van der Waals surface area contributed by atoms with Crippen molar-refractivity contribution in [2.75, 3.05) is 13.2 Å². The summed E-state index contributed by atoms with van der Waals surface area (Å²) in [6, 6.07) is 0.543. The van der Waals surface area contributed by atoms with Gasteiger partial charge in [-0.3, -0.25) is 0 Å². The molecule has 0 aliphatic rings. The average molecular weight is 229 g/mol. The number of nitrogens with one attached hydrogen (secondary N) is 1. The van der Waals surface area contributed by atoms with Crippen LogP contribution in [0.1, 0.15) is 66.2 Å². The van der Waals surface area contributed by atoms with Crippen molar-refractivity contribution in [3.8, 4) is 0 Å². The van der Waals surface area contributed by atoms with Gasteiger partial charge < -0.3 is 10.1 Å². The van der Waals surface area contributed by atoms with E-state index in [1.807, 2.05) is 0 Å². The normalized spacial score (nSPS) is 15.0. The molecular weight excluding hydrogens is 198 g/mol. The minimum atomic E-state index is 0.400. The quantitative estimate of drug-likeness (QED) is 0.545. The van der Waals surface area contributed by atoms with Gasteiger partial charge in [0.15, 0.2) is 0 Å². The van der Waals surface area contributed by atoms with Crippen LogP contribution in [0.3, 0.4) is 0 Å². The summed E-state index contributed by atoms with van der Waals surface area (Å²) in [7, 11) is 0. The van der Waals surface area contributed by atoms with Crippen LogP contribution in [0.2, 0.25) is 0 Å². The molecule has 16 heavy (non-hydrogen) atoms. The highest BCUT2D eigenvalue weighted by atomic mass is 16.5. The molecule has 0 aromatic heterocycles. The number of unbranched alkanes of at least 4 members (excludes halogenated alkanes) is 2. The highest BCUT2D eigenvalue weighted by molar-refractivity contribution is 4.75. The SMILES string of the molecule is CCCCCOC(CC)C(CCC)NCC. The van der Waals surface area contributed by atoms with E-state index in [1.54, 1.807) is 0 Å². The summed E-state index contributed by atoms with van der Waals surface area (Å²) in [5, 5.41) is 3.55. The second-order valence-corrected chi connectivity index (χ2v) is 4.48. The third kappa shape index (κ3) is 7.24. The smallest absolute Gasteiger partial charge is 0.0725 e. The van der Waals surface area contributed by atoms with Crippen molar-refractivity contribution in [1.82, 2.24) is 5.32 Å². The maximum atomic E-state index is 6.00. The highest BCUT2D eigenvalue weighted by Gasteiger charge is 2.18. The molecule has 0 heterocycles. The lowest BCUT2D eigenvalue weighted by Crippen LogP contribution is -2.41. The Labute approximate surface area is 102 Å². The first kappa shape index (κ1) is 15.9. The van der Waals surface area contributed by atoms with E-state index in [2.05, 4.69) is 33.0 Å². The molecule has 98 valence electrons. The first-order chi connectivity index (χ1) is 7.79. The zero-order valence-corrected chi connectivity index (χ0v) is 11.7. The van der Waals surface area contributed by atoms with E-state index in [0.29, 0.717) is 12.1 Å². The van der Waals surface area contributed by atoms with Gasteiger partial charge in [-0.15, -0.1) is 0 Å². The predicted octanol–water partition coefficient (Wildman–Crippen LogP) is 3.75. The van der Waals surface area contributed by atoms with Crippen molar-refractivity contribution in [2.24, 2.45) is 0 Å². The topological polar surface area (TPSA) is 21.3 Å². The van der Waals surface area contributed by atoms with E-state index in [1.165, 1.54) is 32.1 Å². The molecule has 0 aliphatic heterocycles. The van der Waals surface area contributed by atoms with Gasteiger partial charge in [0.2, 0.25) is 0 Å². The second kappa shape index (κ2) is 11.4. The summed E-state index contributed by atoms with van der Waals surface area (Å²) < 4.78 is 6.00. The first-order valence-electron chi connectivity index (χ1n) is 7.14. The lowest BCUT2D eigenvalue weighted by molar-refractivity contribution is 0.0199. The van der Waals surface area contributed by atoms with Crippen LogP contribution in [-0.4, -0.2) is 25.3 Å². The van der Waals surface area contributed by atoms with E-state index in [-0.39, 0.29) is 0 Å². The van der Waals surface area contributed by atoms with Crippen molar-refractivity contribution in [2.45, 2.75) is 78.4 Å². The van der Waals surface area contributed by atoms with Gasteiger partial charge in [0.05, 0.1) is 6.10 Å². The molecular formula is C14H31NO. The zero-order chi connectivity index (χ0) is 12.2. The average Bonchev–Trinajstić information content (AvgIpc) is 2.29. The van der Waals surface area contributed by atoms with Gasteiger partial charge >= 0.3 is 0 Å². The van der Waals surface area contributed by atoms with Gasteiger partial charge in [0, 0.05) is 12.6 Å². The number of hydrogen-bond donors (Lipinski definition) is 1. The van der Waals surface area contributed by atoms with Crippen molar-refractivity contribution < 1.29 is 4.74 Å². The molecule has 0 saturated heterocycles. The van der Waals surface area contributed by atoms with Crippen molar-refractivity contribution in [3.63, 3.8) is 0 Å². The van der Waals surface area contributed by atoms with Crippen molar-refractivity contribution >= 4 is 0 Å². The van der Waals surface area contributed by atoms with Crippen molar-refractivity contribution in [1.29, 1.82) is 0 Å². The Morgan fingerprint density at radius 2 is 1.75 bits per heavy atom. The largest absolute Gasteiger partial charge is 0.377 e. The molecule has 2 atom stereocenters. The van der Waals surface area contributed by atoms with Gasteiger partial charge in [-0.1, -0.05) is 47.0 Å². The predicted molar refractivity (Wildman–Crippen MR) is 71.9 cm³/mol. The van der Waals surface area contributed by atoms with E-state index >= 15 is 0 Å². The minimum Gasteiger partial charge on any atom is -0.377 e. The lowest BCUT2D eigenvalue weighted by atomic mass is 10.0. The molecule has 0 aromatic rings. The highest BCUT2D eigenvalue weighted by Crippen LogP contribution is 2.11. The zero-order valence-electron chi connectivity index (χ0n) is 11.7. The van der Waals surface area contributed by atoms with E-state index in [9.17, 15) is 0 Å². The number of hydrogen-bond acceptors (Lipinski definition) is 2. The summed E-state index contributed by atoms with van der Waals surface area (Å²) in [6.45, 7) is 10.8. The molecule has 0 aromatic carbocycles. The van der Waals surface area contributed by atoms with Crippen LogP contribution in [0, 0.1) is 0 Å². The van der Waals surface area contributed by atoms with Gasteiger partial charge in [-0.25, -0.2) is 0 Å². The molecule has 2 nitrogen and oxygen atoms in total. The Bertz CT molecular complexity index is 133. The molecule has 0 rings (SSSR count). The summed E-state index contributed by atoms with van der Waals surface area (Å²) in [5.41, 5.74) is 0. The first-order valence-corrected chi connectivity index (χ1v) is 7.14. The molecule has 1 N–H and O–H groups in total. The number of ether oxygens (including phenoxy) is 1. The number of rotatable bonds is 11. The molecule has 0 bridgehead atoms. The summed E-state index contributed by atoms with van der Waals surface area (Å²) in [4.78, 5) is 0. The molecule has 0 fully saturated rings. The molecule has 0 saturated carbocycles. The van der Waals surface area contributed by atoms with Crippen LogP contribution in [0.4, 0.5) is 0 Å². The van der Waals surface area contributed by atoms with Gasteiger partial charge in [-0.05, 0) is 25.8 Å². The lowest BCUT2D eigenvalue weighted by Gasteiger charge is -2.27. The third-order valence-corrected chi connectivity index (χ3v) is 3.00. The van der Waals surface area contributed by atoms with E-state index in [0.717, 1.165) is 19.6 Å². The summed E-state index contributed by atoms with van der Waals surface area (Å²) in [6.07, 6.45) is 7.73. The fourth-order valence-electron chi connectivity index (χ4n) is 2.10. The Morgan fingerprint density at radius 1 is 1.00 bits per heavy atom. The number of likely N-dealkylation sites (N-methyl/N-ethyl adjacent to an activating group) is 1. The maximum Gasteiger partial charge on any atom is 0.0725 e. The summed E-state index contributed by atoms with van der Waals surface area (Å²) in [5.74, 6) is 0. The molecule has 0 aliphatic carbocycles. The van der Waals surface area contributed by atoms with Crippen LogP contribution in [-0.2, 0) is 4.74 Å². The Kier molecular flexibility index (Phi) is 11.3. The van der Waals surface area contributed by atoms with Gasteiger partial charge in [-0.2, -0.15) is 0 Å². The van der Waals surface area contributed by atoms with Gasteiger partial charge in [0.1, 0.15) is 0 Å². The fraction of sp³-hybridized carbons (Fsp3) is 1.00. The maximum absolute atomic E-state index is 6.00. The van der Waals surface area contributed by atoms with Crippen LogP contribution in [0.15, 0.2) is 0 Å². The van der Waals surface area contributed by atoms with Crippen molar-refractivity contribution in [3.05, 3.63) is 0 Å². The summed E-state index contributed by atoms with van der Waals surface area (Å²) >= 11 is 0. The van der Waals surface area contributed by atoms with Gasteiger partial charge in [0.25, 0.3) is 0 Å². The Hall–Kier alpha value is -0.0800. The van der Waals surface area contributed by atoms with Crippen LogP contribution < -0.4 is 5.32 Å². The molecule has 0 amide bonds. The van der Waals surface area contributed by atoms with Crippen LogP contribution in [0.25, 0.3) is 0 Å². The second-order valence-electron chi connectivity index (χ2n) is 4.48.